The van der Waals surface area contributed by atoms with Crippen molar-refractivity contribution in [3.8, 4) is 0 Å². The first-order valence-electron chi connectivity index (χ1n) is 14.6. The lowest BCUT2D eigenvalue weighted by Crippen LogP contribution is -2.47. The summed E-state index contributed by atoms with van der Waals surface area (Å²) < 4.78 is 6.37. The molecule has 0 saturated heterocycles. The molecule has 5 unspecified atom stereocenters. The fourth-order valence-corrected chi connectivity index (χ4v) is 7.05. The van der Waals surface area contributed by atoms with Gasteiger partial charge in [0.2, 0.25) is 11.8 Å². The van der Waals surface area contributed by atoms with Gasteiger partial charge < -0.3 is 30.7 Å². The Kier molecular flexibility index (Phi) is 10.0. The monoisotopic (exact) mass is 536 g/mol. The van der Waals surface area contributed by atoms with Crippen LogP contribution in [0.3, 0.4) is 0 Å². The van der Waals surface area contributed by atoms with Gasteiger partial charge in [0.15, 0.2) is 0 Å². The zero-order valence-corrected chi connectivity index (χ0v) is 22.2. The van der Waals surface area contributed by atoms with E-state index in [0.29, 0.717) is 25.7 Å². The summed E-state index contributed by atoms with van der Waals surface area (Å²) in [6, 6.07) is 0.0872. The van der Waals surface area contributed by atoms with Gasteiger partial charge in [0.1, 0.15) is 0 Å². The molecule has 0 aliphatic heterocycles. The van der Waals surface area contributed by atoms with Crippen molar-refractivity contribution in [2.75, 3.05) is 0 Å². The van der Waals surface area contributed by atoms with Crippen LogP contribution in [0.15, 0.2) is 0 Å². The van der Waals surface area contributed by atoms with Gasteiger partial charge in [-0.15, -0.1) is 0 Å². The second-order valence-corrected chi connectivity index (χ2v) is 12.0. The third-order valence-corrected chi connectivity index (χ3v) is 9.32. The summed E-state index contributed by atoms with van der Waals surface area (Å²) in [4.78, 5) is 48.7. The summed E-state index contributed by atoms with van der Waals surface area (Å²) in [5.74, 6) is -4.63. The first kappa shape index (κ1) is 28.8. The van der Waals surface area contributed by atoms with Gasteiger partial charge in [-0.25, -0.2) is 0 Å². The van der Waals surface area contributed by atoms with Crippen LogP contribution in [0.2, 0.25) is 0 Å². The van der Waals surface area contributed by atoms with Crippen molar-refractivity contribution in [1.82, 2.24) is 10.6 Å². The molecule has 0 aromatic rings. The summed E-state index contributed by atoms with van der Waals surface area (Å²) in [6.45, 7) is 0. The van der Waals surface area contributed by atoms with Gasteiger partial charge in [-0.3, -0.25) is 19.2 Å². The third-order valence-electron chi connectivity index (χ3n) is 9.32. The highest BCUT2D eigenvalue weighted by atomic mass is 16.5. The Hall–Kier alpha value is -2.20. The van der Waals surface area contributed by atoms with Gasteiger partial charge in [-0.2, -0.15) is 0 Å². The van der Waals surface area contributed by atoms with Crippen molar-refractivity contribution in [3.63, 3.8) is 0 Å². The maximum Gasteiger partial charge on any atom is 0.307 e. The van der Waals surface area contributed by atoms with Crippen molar-refractivity contribution >= 4 is 23.8 Å². The topological polar surface area (TPSA) is 162 Å². The van der Waals surface area contributed by atoms with Crippen molar-refractivity contribution in [2.45, 2.75) is 127 Å². The predicted octanol–water partition coefficient (Wildman–Crippen LogP) is 2.61. The van der Waals surface area contributed by atoms with E-state index in [1.807, 2.05) is 0 Å². The number of amides is 2. The Morgan fingerprint density at radius 2 is 1.00 bits per heavy atom. The summed E-state index contributed by atoms with van der Waals surface area (Å²) in [7, 11) is 0. The molecule has 4 saturated carbocycles. The smallest absolute Gasteiger partial charge is 0.307 e. The van der Waals surface area contributed by atoms with Crippen LogP contribution < -0.4 is 10.6 Å². The second kappa shape index (κ2) is 13.2. The molecule has 0 heterocycles. The summed E-state index contributed by atoms with van der Waals surface area (Å²) in [6.07, 6.45) is 10.2. The van der Waals surface area contributed by atoms with Gasteiger partial charge in [0.05, 0.1) is 42.0 Å². The standard InChI is InChI=1S/C28H44N2O8/c31-18-9-14-22(24(15-18)28(36)37)26(33)30-17-7-12-20(13-8-17)38-19-10-5-16(6-11-19)29-25(32)21-3-1-2-4-23(21)27(34)35/h16-24,31H,1-15H2,(H,29,32)(H,30,33)(H,34,35)(H,36,37). The molecule has 5 N–H and O–H groups in total. The number of carbonyl (C=O) groups excluding carboxylic acids is 2. The fourth-order valence-electron chi connectivity index (χ4n) is 7.05. The molecule has 10 nitrogen and oxygen atoms in total. The van der Waals surface area contributed by atoms with Gasteiger partial charge in [-0.1, -0.05) is 12.8 Å². The quantitative estimate of drug-likeness (QED) is 0.316. The van der Waals surface area contributed by atoms with Crippen LogP contribution >= 0.6 is 0 Å². The van der Waals surface area contributed by atoms with Gasteiger partial charge in [0, 0.05) is 12.1 Å². The summed E-state index contributed by atoms with van der Waals surface area (Å²) in [5.41, 5.74) is 0. The number of carboxylic acid groups (broad SMARTS) is 2. The molecule has 4 aliphatic carbocycles. The number of carbonyl (C=O) groups is 4. The average Bonchev–Trinajstić information content (AvgIpc) is 2.90. The number of carboxylic acids is 2. The normalized spacial score (nSPS) is 38.1. The number of nitrogens with one attached hydrogen (secondary N) is 2. The zero-order valence-electron chi connectivity index (χ0n) is 22.2. The van der Waals surface area contributed by atoms with E-state index in [4.69, 9.17) is 4.74 Å². The van der Waals surface area contributed by atoms with Gasteiger partial charge in [-0.05, 0) is 83.5 Å². The van der Waals surface area contributed by atoms with Crippen molar-refractivity contribution in [1.29, 1.82) is 0 Å². The molecule has 2 amide bonds. The minimum absolute atomic E-state index is 0.0176. The zero-order chi connectivity index (χ0) is 27.2. The van der Waals surface area contributed by atoms with E-state index in [-0.39, 0.29) is 42.5 Å². The molecule has 214 valence electrons. The Bertz CT molecular complexity index is 850. The highest BCUT2D eigenvalue weighted by Gasteiger charge is 2.40. The summed E-state index contributed by atoms with van der Waals surface area (Å²) >= 11 is 0. The van der Waals surface area contributed by atoms with Crippen LogP contribution in [-0.4, -0.2) is 69.5 Å². The number of aliphatic carboxylic acids is 2. The molecule has 4 aliphatic rings. The van der Waals surface area contributed by atoms with E-state index in [0.717, 1.165) is 64.2 Å². The van der Waals surface area contributed by atoms with Crippen LogP contribution in [0.5, 0.6) is 0 Å². The highest BCUT2D eigenvalue weighted by molar-refractivity contribution is 5.85. The third kappa shape index (κ3) is 7.46. The van der Waals surface area contributed by atoms with E-state index in [9.17, 15) is 34.5 Å². The molecule has 38 heavy (non-hydrogen) atoms. The molecule has 0 aromatic carbocycles. The van der Waals surface area contributed by atoms with Crippen molar-refractivity contribution in [2.24, 2.45) is 23.7 Å². The molecule has 0 spiro atoms. The maximum absolute atomic E-state index is 12.8. The Balaban J connectivity index is 1.14. The van der Waals surface area contributed by atoms with Crippen LogP contribution in [0.25, 0.3) is 0 Å². The van der Waals surface area contributed by atoms with Crippen molar-refractivity contribution < 1.29 is 39.2 Å². The first-order valence-corrected chi connectivity index (χ1v) is 14.6. The van der Waals surface area contributed by atoms with Gasteiger partial charge in [0.25, 0.3) is 0 Å². The minimum Gasteiger partial charge on any atom is -0.481 e. The van der Waals surface area contributed by atoms with Gasteiger partial charge >= 0.3 is 11.9 Å². The molecule has 4 fully saturated rings. The number of aliphatic hydroxyl groups excluding tert-OH is 1. The molecule has 0 bridgehead atoms. The Morgan fingerprint density at radius 1 is 0.553 bits per heavy atom. The molecule has 0 aromatic heterocycles. The Labute approximate surface area is 224 Å². The lowest BCUT2D eigenvalue weighted by molar-refractivity contribution is -0.151. The highest BCUT2D eigenvalue weighted by Crippen LogP contribution is 2.33. The first-order chi connectivity index (χ1) is 18.2. The fraction of sp³-hybridized carbons (Fsp3) is 0.857. The number of hydrogen-bond acceptors (Lipinski definition) is 6. The Morgan fingerprint density at radius 3 is 1.47 bits per heavy atom. The lowest BCUT2D eigenvalue weighted by atomic mass is 9.77. The van der Waals surface area contributed by atoms with E-state index in [2.05, 4.69) is 10.6 Å². The minimum atomic E-state index is -1.02. The van der Waals surface area contributed by atoms with Crippen LogP contribution in [0, 0.1) is 23.7 Å². The molecule has 4 rings (SSSR count). The SMILES string of the molecule is O=C(O)C1CCCCC1C(=O)NC1CCC(OC2CCC(NC(=O)C3CCC(O)CC3C(=O)O)CC2)CC1. The van der Waals surface area contributed by atoms with Crippen molar-refractivity contribution in [3.05, 3.63) is 0 Å². The number of hydrogen-bond donors (Lipinski definition) is 5. The van der Waals surface area contributed by atoms with E-state index >= 15 is 0 Å². The summed E-state index contributed by atoms with van der Waals surface area (Å²) in [5, 5.41) is 34.9. The molecular formula is C28H44N2O8. The largest absolute Gasteiger partial charge is 0.481 e. The van der Waals surface area contributed by atoms with Crippen LogP contribution in [0.4, 0.5) is 0 Å². The molecule has 0 radical (unpaired) electrons. The van der Waals surface area contributed by atoms with Crippen LogP contribution in [-0.2, 0) is 23.9 Å². The second-order valence-electron chi connectivity index (χ2n) is 12.0. The molecule has 5 atom stereocenters. The van der Waals surface area contributed by atoms with E-state index in [1.165, 1.54) is 0 Å². The maximum atomic E-state index is 12.8. The van der Waals surface area contributed by atoms with Crippen LogP contribution in [0.1, 0.15) is 96.3 Å². The predicted molar refractivity (Wildman–Crippen MR) is 137 cm³/mol. The number of rotatable bonds is 8. The number of ether oxygens (including phenoxy) is 1. The molecule has 10 heteroatoms. The lowest BCUT2D eigenvalue weighted by Gasteiger charge is -2.36. The number of aliphatic hydroxyl groups is 1. The molecular weight excluding hydrogens is 492 g/mol. The average molecular weight is 537 g/mol. The van der Waals surface area contributed by atoms with E-state index < -0.39 is 41.7 Å². The van der Waals surface area contributed by atoms with E-state index in [1.54, 1.807) is 0 Å².